The first-order valence-electron chi connectivity index (χ1n) is 12.2. The molecule has 0 bridgehead atoms. The van der Waals surface area contributed by atoms with Gasteiger partial charge in [0, 0.05) is 16.5 Å². The van der Waals surface area contributed by atoms with Gasteiger partial charge < -0.3 is 14.9 Å². The standard InChI is InChI=1S/C33H24O3/c1-33(19-23-7-4-6-20-5-2-3-8-26(20)23)31-27-13-11-24(34)17-21(27)9-15-29(31)36-30-16-10-22-18-25(35)12-14-28(22)32(30)33/h2-18,34-35H,19H2,1H3. The van der Waals surface area contributed by atoms with E-state index in [2.05, 4.69) is 49.4 Å². The third-order valence-electron chi connectivity index (χ3n) is 7.68. The second-order valence-electron chi connectivity index (χ2n) is 9.94. The molecule has 0 atom stereocenters. The number of hydrogen-bond donors (Lipinski definition) is 2. The Morgan fingerprint density at radius 3 is 1.81 bits per heavy atom. The van der Waals surface area contributed by atoms with Crippen LogP contribution < -0.4 is 4.74 Å². The van der Waals surface area contributed by atoms with E-state index in [1.165, 1.54) is 16.3 Å². The monoisotopic (exact) mass is 468 g/mol. The Bertz CT molecular complexity index is 1740. The normalized spacial score (nSPS) is 13.9. The molecule has 6 aromatic rings. The average molecular weight is 469 g/mol. The molecule has 0 saturated heterocycles. The molecule has 1 aliphatic rings. The summed E-state index contributed by atoms with van der Waals surface area (Å²) in [5, 5.41) is 26.9. The quantitative estimate of drug-likeness (QED) is 0.269. The minimum absolute atomic E-state index is 0.247. The van der Waals surface area contributed by atoms with Crippen LogP contribution in [0.2, 0.25) is 0 Å². The minimum atomic E-state index is -0.444. The molecular weight excluding hydrogens is 444 g/mol. The zero-order valence-electron chi connectivity index (χ0n) is 19.8. The zero-order chi connectivity index (χ0) is 24.4. The highest BCUT2D eigenvalue weighted by Crippen LogP contribution is 2.54. The fourth-order valence-corrected chi connectivity index (χ4v) is 6.15. The van der Waals surface area contributed by atoms with Crippen LogP contribution in [0.1, 0.15) is 23.6 Å². The lowest BCUT2D eigenvalue weighted by atomic mass is 9.67. The zero-order valence-corrected chi connectivity index (χ0v) is 19.8. The van der Waals surface area contributed by atoms with Gasteiger partial charge in [0.2, 0.25) is 0 Å². The van der Waals surface area contributed by atoms with Gasteiger partial charge in [0.1, 0.15) is 23.0 Å². The summed E-state index contributed by atoms with van der Waals surface area (Å²) < 4.78 is 6.55. The smallest absolute Gasteiger partial charge is 0.132 e. The van der Waals surface area contributed by atoms with E-state index in [0.29, 0.717) is 0 Å². The van der Waals surface area contributed by atoms with Gasteiger partial charge in [-0.05, 0) is 80.7 Å². The fraction of sp³-hybridized carbons (Fsp3) is 0.0909. The van der Waals surface area contributed by atoms with Gasteiger partial charge in [0.25, 0.3) is 0 Å². The first kappa shape index (κ1) is 20.8. The summed E-state index contributed by atoms with van der Waals surface area (Å²) in [6.45, 7) is 2.30. The van der Waals surface area contributed by atoms with E-state index in [-0.39, 0.29) is 11.5 Å². The Balaban J connectivity index is 1.58. The lowest BCUT2D eigenvalue weighted by Crippen LogP contribution is -2.31. The summed E-state index contributed by atoms with van der Waals surface area (Å²) in [5.74, 6) is 2.16. The molecule has 6 aromatic carbocycles. The van der Waals surface area contributed by atoms with Crippen molar-refractivity contribution in [3.8, 4) is 23.0 Å². The molecule has 3 nitrogen and oxygen atoms in total. The van der Waals surface area contributed by atoms with Crippen LogP contribution in [0.3, 0.4) is 0 Å². The topological polar surface area (TPSA) is 49.7 Å². The first-order valence-corrected chi connectivity index (χ1v) is 12.2. The molecule has 0 radical (unpaired) electrons. The largest absolute Gasteiger partial charge is 0.508 e. The van der Waals surface area contributed by atoms with Crippen LogP contribution in [0.15, 0.2) is 103 Å². The second kappa shape index (κ2) is 7.50. The van der Waals surface area contributed by atoms with Gasteiger partial charge in [0.05, 0.1) is 0 Å². The van der Waals surface area contributed by atoms with E-state index >= 15 is 0 Å². The number of benzene rings is 6. The molecule has 7 rings (SSSR count). The highest BCUT2D eigenvalue weighted by atomic mass is 16.5. The van der Waals surface area contributed by atoms with Crippen LogP contribution in [0.5, 0.6) is 23.0 Å². The van der Waals surface area contributed by atoms with Crippen LogP contribution in [0.4, 0.5) is 0 Å². The van der Waals surface area contributed by atoms with Gasteiger partial charge >= 0.3 is 0 Å². The van der Waals surface area contributed by atoms with Crippen LogP contribution >= 0.6 is 0 Å². The van der Waals surface area contributed by atoms with Gasteiger partial charge in [-0.3, -0.25) is 0 Å². The number of rotatable bonds is 2. The molecule has 0 saturated carbocycles. The summed E-state index contributed by atoms with van der Waals surface area (Å²) >= 11 is 0. The van der Waals surface area contributed by atoms with Crippen molar-refractivity contribution in [1.29, 1.82) is 0 Å². The molecular formula is C33H24O3. The molecule has 1 aliphatic heterocycles. The van der Waals surface area contributed by atoms with Crippen molar-refractivity contribution in [2.24, 2.45) is 0 Å². The third kappa shape index (κ3) is 2.99. The van der Waals surface area contributed by atoms with Crippen molar-refractivity contribution in [3.63, 3.8) is 0 Å². The van der Waals surface area contributed by atoms with Crippen LogP contribution in [-0.2, 0) is 11.8 Å². The number of phenols is 2. The Kier molecular flexibility index (Phi) is 4.34. The van der Waals surface area contributed by atoms with E-state index in [0.717, 1.165) is 50.6 Å². The van der Waals surface area contributed by atoms with Crippen molar-refractivity contribution in [3.05, 3.63) is 120 Å². The van der Waals surface area contributed by atoms with Gasteiger partial charge in [-0.2, -0.15) is 0 Å². The number of aromatic hydroxyl groups is 2. The van der Waals surface area contributed by atoms with Crippen LogP contribution in [0.25, 0.3) is 32.3 Å². The summed E-state index contributed by atoms with van der Waals surface area (Å²) in [7, 11) is 0. The SMILES string of the molecule is CC1(Cc2cccc3ccccc23)c2c(ccc3cc(O)ccc23)Oc2ccc3cc(O)ccc3c21. The maximum Gasteiger partial charge on any atom is 0.132 e. The van der Waals surface area contributed by atoms with Crippen molar-refractivity contribution in [1.82, 2.24) is 0 Å². The Morgan fingerprint density at radius 2 is 1.17 bits per heavy atom. The molecule has 3 heteroatoms. The summed E-state index contributed by atoms with van der Waals surface area (Å²) in [5.41, 5.74) is 3.04. The van der Waals surface area contributed by atoms with Crippen LogP contribution in [0, 0.1) is 0 Å². The third-order valence-corrected chi connectivity index (χ3v) is 7.68. The average Bonchev–Trinajstić information content (AvgIpc) is 2.88. The first-order chi connectivity index (χ1) is 17.5. The minimum Gasteiger partial charge on any atom is -0.508 e. The Morgan fingerprint density at radius 1 is 0.583 bits per heavy atom. The molecule has 0 fully saturated rings. The van der Waals surface area contributed by atoms with E-state index in [4.69, 9.17) is 4.74 Å². The molecule has 2 N–H and O–H groups in total. The lowest BCUT2D eigenvalue weighted by molar-refractivity contribution is 0.409. The van der Waals surface area contributed by atoms with Crippen molar-refractivity contribution >= 4 is 32.3 Å². The predicted molar refractivity (Wildman–Crippen MR) is 145 cm³/mol. The van der Waals surface area contributed by atoms with E-state index < -0.39 is 5.41 Å². The van der Waals surface area contributed by atoms with Gasteiger partial charge in [-0.1, -0.05) is 73.7 Å². The summed E-state index contributed by atoms with van der Waals surface area (Å²) in [4.78, 5) is 0. The highest BCUT2D eigenvalue weighted by Gasteiger charge is 2.41. The van der Waals surface area contributed by atoms with Gasteiger partial charge in [0.15, 0.2) is 0 Å². The van der Waals surface area contributed by atoms with E-state index in [1.807, 2.05) is 48.5 Å². The molecule has 0 spiro atoms. The summed E-state index contributed by atoms with van der Waals surface area (Å²) in [6.07, 6.45) is 0.762. The second-order valence-corrected chi connectivity index (χ2v) is 9.94. The van der Waals surface area contributed by atoms with E-state index in [1.54, 1.807) is 12.1 Å². The van der Waals surface area contributed by atoms with Crippen molar-refractivity contribution < 1.29 is 14.9 Å². The summed E-state index contributed by atoms with van der Waals surface area (Å²) in [6, 6.07) is 34.2. The number of ether oxygens (including phenoxy) is 1. The van der Waals surface area contributed by atoms with E-state index in [9.17, 15) is 10.2 Å². The number of hydrogen-bond acceptors (Lipinski definition) is 3. The lowest BCUT2D eigenvalue weighted by Gasteiger charge is -2.39. The Hall–Kier alpha value is -4.50. The predicted octanol–water partition coefficient (Wildman–Crippen LogP) is 8.21. The molecule has 0 aliphatic carbocycles. The molecule has 174 valence electrons. The molecule has 0 aromatic heterocycles. The number of phenolic OH excluding ortho intramolecular Hbond substituents is 2. The van der Waals surface area contributed by atoms with Crippen molar-refractivity contribution in [2.75, 3.05) is 0 Å². The Labute approximate surface area is 208 Å². The maximum absolute atomic E-state index is 10.2. The fourth-order valence-electron chi connectivity index (χ4n) is 6.15. The molecule has 1 heterocycles. The highest BCUT2D eigenvalue weighted by molar-refractivity contribution is 5.96. The molecule has 0 amide bonds. The van der Waals surface area contributed by atoms with Gasteiger partial charge in [-0.15, -0.1) is 0 Å². The maximum atomic E-state index is 10.2. The van der Waals surface area contributed by atoms with Crippen molar-refractivity contribution in [2.45, 2.75) is 18.8 Å². The number of fused-ring (bicyclic) bond motifs is 7. The van der Waals surface area contributed by atoms with Crippen LogP contribution in [-0.4, -0.2) is 10.2 Å². The molecule has 0 unspecified atom stereocenters. The molecule has 36 heavy (non-hydrogen) atoms. The van der Waals surface area contributed by atoms with Gasteiger partial charge in [-0.25, -0.2) is 0 Å².